The Labute approximate surface area is 241 Å². The molecule has 1 saturated carbocycles. The highest BCUT2D eigenvalue weighted by Crippen LogP contribution is 2.36. The first-order chi connectivity index (χ1) is 20.2. The van der Waals surface area contributed by atoms with Crippen LogP contribution in [0.5, 0.6) is 0 Å². The number of ether oxygens (including phenoxy) is 1. The average molecular weight is 583 g/mol. The number of hydrogen-bond acceptors (Lipinski definition) is 7. The van der Waals surface area contributed by atoms with Crippen molar-refractivity contribution in [2.75, 3.05) is 30.0 Å². The summed E-state index contributed by atoms with van der Waals surface area (Å²) in [4.78, 5) is 27.8. The molecule has 2 N–H and O–H groups in total. The fourth-order valence-electron chi connectivity index (χ4n) is 5.96. The summed E-state index contributed by atoms with van der Waals surface area (Å²) in [6, 6.07) is 5.04. The third kappa shape index (κ3) is 5.59. The molecule has 2 aromatic heterocycles. The lowest BCUT2D eigenvalue weighted by Crippen LogP contribution is -2.50. The molecule has 2 fully saturated rings. The zero-order valence-electron chi connectivity index (χ0n) is 23.2. The number of rotatable bonds is 8. The van der Waals surface area contributed by atoms with Gasteiger partial charge >= 0.3 is 12.1 Å². The third-order valence-electron chi connectivity index (χ3n) is 8.55. The number of imidazole rings is 1. The monoisotopic (exact) mass is 582 g/mol. The SMILES string of the molecule is CC(Nc1nc(C(=O)O)nc2nc(N3CCOCC3C3C=CC=CC3)n(Cc3ccc(C(F)(F)F)cc3)c12)C1CCC1. The number of carboxylic acid groups (broad SMARTS) is 1. The fourth-order valence-corrected chi connectivity index (χ4v) is 5.96. The number of hydrogen-bond donors (Lipinski definition) is 2. The smallest absolute Gasteiger partial charge is 0.416 e. The van der Waals surface area contributed by atoms with E-state index in [1.807, 2.05) is 16.7 Å². The summed E-state index contributed by atoms with van der Waals surface area (Å²) in [5, 5.41) is 13.3. The maximum atomic E-state index is 13.3. The number of carboxylic acids is 1. The first-order valence-corrected chi connectivity index (χ1v) is 14.3. The summed E-state index contributed by atoms with van der Waals surface area (Å²) in [5.74, 6) is -0.130. The van der Waals surface area contributed by atoms with Crippen molar-refractivity contribution in [3.63, 3.8) is 0 Å². The maximum absolute atomic E-state index is 13.3. The molecule has 1 aromatic carbocycles. The van der Waals surface area contributed by atoms with Gasteiger partial charge < -0.3 is 24.6 Å². The number of benzene rings is 1. The number of halogens is 3. The molecule has 1 aliphatic heterocycles. The van der Waals surface area contributed by atoms with Crippen LogP contribution < -0.4 is 10.2 Å². The predicted molar refractivity (Wildman–Crippen MR) is 152 cm³/mol. The quantitative estimate of drug-likeness (QED) is 0.357. The van der Waals surface area contributed by atoms with Crippen LogP contribution in [0.4, 0.5) is 24.9 Å². The van der Waals surface area contributed by atoms with Gasteiger partial charge in [0.05, 0.1) is 31.4 Å². The van der Waals surface area contributed by atoms with Gasteiger partial charge in [0, 0.05) is 18.5 Å². The van der Waals surface area contributed by atoms with Gasteiger partial charge in [-0.15, -0.1) is 0 Å². The number of nitrogens with one attached hydrogen (secondary N) is 1. The lowest BCUT2D eigenvalue weighted by Gasteiger charge is -2.40. The van der Waals surface area contributed by atoms with Crippen LogP contribution in [-0.2, 0) is 17.5 Å². The Hall–Kier alpha value is -3.93. The minimum atomic E-state index is -4.44. The van der Waals surface area contributed by atoms with Crippen LogP contribution in [0.3, 0.4) is 0 Å². The Morgan fingerprint density at radius 1 is 1.17 bits per heavy atom. The molecule has 3 aromatic rings. The molecule has 1 saturated heterocycles. The van der Waals surface area contributed by atoms with Crippen molar-refractivity contribution >= 4 is 28.9 Å². The topological polar surface area (TPSA) is 105 Å². The first-order valence-electron chi connectivity index (χ1n) is 14.3. The molecule has 6 rings (SSSR count). The van der Waals surface area contributed by atoms with Crippen molar-refractivity contribution in [1.82, 2.24) is 19.5 Å². The van der Waals surface area contributed by atoms with Crippen LogP contribution in [0, 0.1) is 11.8 Å². The van der Waals surface area contributed by atoms with Gasteiger partial charge in [0.15, 0.2) is 11.5 Å². The van der Waals surface area contributed by atoms with Crippen LogP contribution in [0.15, 0.2) is 48.6 Å². The number of alkyl halides is 3. The van der Waals surface area contributed by atoms with Crippen LogP contribution in [0.1, 0.15) is 54.4 Å². The summed E-state index contributed by atoms with van der Waals surface area (Å²) in [6.45, 7) is 3.73. The van der Waals surface area contributed by atoms with E-state index in [1.165, 1.54) is 12.1 Å². The van der Waals surface area contributed by atoms with Gasteiger partial charge in [-0.3, -0.25) is 0 Å². The highest BCUT2D eigenvalue weighted by Gasteiger charge is 2.35. The van der Waals surface area contributed by atoms with Crippen molar-refractivity contribution in [2.45, 2.75) is 57.4 Å². The molecule has 0 spiro atoms. The minimum Gasteiger partial charge on any atom is -0.475 e. The van der Waals surface area contributed by atoms with E-state index in [1.54, 1.807) is 0 Å². The van der Waals surface area contributed by atoms with Crippen molar-refractivity contribution < 1.29 is 27.8 Å². The first kappa shape index (κ1) is 28.2. The highest BCUT2D eigenvalue weighted by atomic mass is 19.4. The lowest BCUT2D eigenvalue weighted by atomic mass is 9.80. The molecule has 3 aliphatic rings. The average Bonchev–Trinajstić information content (AvgIpc) is 3.30. The largest absolute Gasteiger partial charge is 0.475 e. The van der Waals surface area contributed by atoms with Crippen LogP contribution >= 0.6 is 0 Å². The summed E-state index contributed by atoms with van der Waals surface area (Å²) in [5.41, 5.74) is 0.648. The molecular weight excluding hydrogens is 549 g/mol. The molecule has 3 heterocycles. The molecule has 2 aliphatic carbocycles. The van der Waals surface area contributed by atoms with E-state index in [-0.39, 0.29) is 36.0 Å². The zero-order chi connectivity index (χ0) is 29.4. The van der Waals surface area contributed by atoms with Gasteiger partial charge in [0.1, 0.15) is 5.52 Å². The Morgan fingerprint density at radius 3 is 2.60 bits per heavy atom. The Bertz CT molecular complexity index is 1510. The Balaban J connectivity index is 1.49. The van der Waals surface area contributed by atoms with E-state index in [2.05, 4.69) is 39.3 Å². The molecule has 0 radical (unpaired) electrons. The van der Waals surface area contributed by atoms with Crippen LogP contribution in [0.25, 0.3) is 11.2 Å². The molecule has 222 valence electrons. The fraction of sp³-hybridized carbons (Fsp3) is 0.467. The van der Waals surface area contributed by atoms with Crippen molar-refractivity contribution in [1.29, 1.82) is 0 Å². The van der Waals surface area contributed by atoms with Gasteiger partial charge in [-0.05, 0) is 49.8 Å². The number of morpholine rings is 1. The maximum Gasteiger partial charge on any atom is 0.416 e. The Kier molecular flexibility index (Phi) is 7.65. The molecule has 3 unspecified atom stereocenters. The second-order valence-corrected chi connectivity index (χ2v) is 11.2. The number of nitrogens with zero attached hydrogens (tertiary/aromatic N) is 5. The standard InChI is InChI=1S/C30H33F3N6O3/c1-18(20-8-5-9-20)34-25-24-26(36-27(35-25)28(40)41)37-29(38-14-15-42-17-23(38)21-6-3-2-4-7-21)39(24)16-19-10-12-22(13-11-19)30(31,32)33/h2-4,6,10-13,18,20-21,23H,5,7-9,14-17H2,1H3,(H,40,41)(H,34,35,36). The molecule has 0 bridgehead atoms. The van der Waals surface area contributed by atoms with Gasteiger partial charge in [-0.2, -0.15) is 18.2 Å². The summed E-state index contributed by atoms with van der Waals surface area (Å²) in [6.07, 6.45) is 7.96. The Morgan fingerprint density at radius 2 is 1.95 bits per heavy atom. The second-order valence-electron chi connectivity index (χ2n) is 11.2. The van der Waals surface area contributed by atoms with E-state index in [0.717, 1.165) is 37.8 Å². The van der Waals surface area contributed by atoms with Crippen LogP contribution in [0.2, 0.25) is 0 Å². The minimum absolute atomic E-state index is 0.0339. The number of anilines is 2. The summed E-state index contributed by atoms with van der Waals surface area (Å²) >= 11 is 0. The van der Waals surface area contributed by atoms with Gasteiger partial charge in [-0.1, -0.05) is 42.9 Å². The number of aromatic nitrogens is 4. The van der Waals surface area contributed by atoms with E-state index in [4.69, 9.17) is 9.72 Å². The normalized spacial score (nSPS) is 21.9. The number of allylic oxidation sites excluding steroid dienone is 3. The molecule has 42 heavy (non-hydrogen) atoms. The summed E-state index contributed by atoms with van der Waals surface area (Å²) < 4.78 is 47.7. The van der Waals surface area contributed by atoms with Gasteiger partial charge in [0.2, 0.25) is 11.8 Å². The van der Waals surface area contributed by atoms with Crippen molar-refractivity contribution in [3.05, 3.63) is 65.5 Å². The molecule has 12 heteroatoms. The van der Waals surface area contributed by atoms with E-state index in [9.17, 15) is 23.1 Å². The molecule has 3 atom stereocenters. The number of aromatic carboxylic acids is 1. The van der Waals surface area contributed by atoms with Crippen molar-refractivity contribution in [3.8, 4) is 0 Å². The highest BCUT2D eigenvalue weighted by molar-refractivity contribution is 5.91. The molecule has 0 amide bonds. The van der Waals surface area contributed by atoms with Gasteiger partial charge in [-0.25, -0.2) is 14.8 Å². The number of carbonyl (C=O) groups is 1. The summed E-state index contributed by atoms with van der Waals surface area (Å²) in [7, 11) is 0. The number of fused-ring (bicyclic) bond motifs is 1. The van der Waals surface area contributed by atoms with E-state index in [0.29, 0.717) is 48.5 Å². The molecular formula is C30H33F3N6O3. The molecule has 9 nitrogen and oxygen atoms in total. The lowest BCUT2D eigenvalue weighted by molar-refractivity contribution is -0.137. The van der Waals surface area contributed by atoms with Crippen molar-refractivity contribution in [2.24, 2.45) is 11.8 Å². The van der Waals surface area contributed by atoms with Crippen LogP contribution in [-0.4, -0.2) is 62.4 Å². The third-order valence-corrected chi connectivity index (χ3v) is 8.55. The zero-order valence-corrected chi connectivity index (χ0v) is 23.2. The predicted octanol–water partition coefficient (Wildman–Crippen LogP) is 5.53. The van der Waals surface area contributed by atoms with Gasteiger partial charge in [0.25, 0.3) is 0 Å². The second kappa shape index (κ2) is 11.4. The van der Waals surface area contributed by atoms with E-state index < -0.39 is 17.7 Å². The van der Waals surface area contributed by atoms with E-state index >= 15 is 0 Å².